The normalized spacial score (nSPS) is 41.9. The summed E-state index contributed by atoms with van der Waals surface area (Å²) in [6.45, 7) is 0.484. The number of Topliss-reactive ketones (excluding diaryl/α,β-unsaturated/α-hetero) is 1. The minimum atomic E-state index is -2.32. The Balaban J connectivity index is 3.12. The molecular weight excluding hydrogens is 206 g/mol. The molecule has 86 valence electrons. The Kier molecular flexibility index (Phi) is 3.10. The number of hydrogen-bond donors (Lipinski definition) is 4. The van der Waals surface area contributed by atoms with Crippen LogP contribution in [0.1, 0.15) is 6.92 Å². The first kappa shape index (κ1) is 12.1. The summed E-state index contributed by atoms with van der Waals surface area (Å²) in [7, 11) is 0. The number of ether oxygens (including phenoxy) is 1. The van der Waals surface area contributed by atoms with E-state index >= 15 is 0 Å². The Bertz CT molecular complexity index is 293. The largest absolute Gasteiger partial charge is 0.461 e. The fourth-order valence-electron chi connectivity index (χ4n) is 1.33. The highest BCUT2D eigenvalue weighted by molar-refractivity contribution is 6.08. The number of rotatable bonds is 1. The first-order valence-corrected chi connectivity index (χ1v) is 4.33. The zero-order valence-corrected chi connectivity index (χ0v) is 8.08. The van der Waals surface area contributed by atoms with Crippen molar-refractivity contribution in [2.75, 3.05) is 6.61 Å². The molecule has 7 nitrogen and oxygen atoms in total. The van der Waals surface area contributed by atoms with Crippen LogP contribution < -0.4 is 5.73 Å². The van der Waals surface area contributed by atoms with Gasteiger partial charge in [0.05, 0.1) is 0 Å². The quantitative estimate of drug-likeness (QED) is 0.271. The Morgan fingerprint density at radius 2 is 2.07 bits per heavy atom. The fraction of sp³-hybridized carbons (Fsp3) is 0.750. The minimum Gasteiger partial charge on any atom is -0.461 e. The molecule has 0 aliphatic carbocycles. The summed E-state index contributed by atoms with van der Waals surface area (Å²) in [5, 5.41) is 28.1. The predicted octanol–water partition coefficient (Wildman–Crippen LogP) is -3.09. The van der Waals surface area contributed by atoms with E-state index in [1.807, 2.05) is 0 Å². The molecule has 1 aliphatic heterocycles. The van der Waals surface area contributed by atoms with Crippen molar-refractivity contribution < 1.29 is 29.6 Å². The second-order valence-corrected chi connectivity index (χ2v) is 3.53. The third-order valence-corrected chi connectivity index (χ3v) is 2.49. The number of carbonyl (C=O) groups is 2. The Morgan fingerprint density at radius 3 is 2.53 bits per heavy atom. The summed E-state index contributed by atoms with van der Waals surface area (Å²) in [5.74, 6) is -1.99. The number of cyclic esters (lactones) is 1. The van der Waals surface area contributed by atoms with Crippen LogP contribution in [0.3, 0.4) is 0 Å². The zero-order chi connectivity index (χ0) is 11.8. The number of aliphatic hydroxyl groups excluding tert-OH is 3. The lowest BCUT2D eigenvalue weighted by molar-refractivity contribution is -0.157. The molecule has 0 spiro atoms. The maximum Gasteiger partial charge on any atom is 0.336 e. The maximum atomic E-state index is 11.3. The molecule has 1 aliphatic rings. The van der Waals surface area contributed by atoms with Gasteiger partial charge in [-0.15, -0.1) is 0 Å². The molecule has 0 saturated carbocycles. The van der Waals surface area contributed by atoms with Gasteiger partial charge in [-0.1, -0.05) is 0 Å². The number of ketones is 1. The van der Waals surface area contributed by atoms with E-state index in [2.05, 4.69) is 4.74 Å². The smallest absolute Gasteiger partial charge is 0.336 e. The first-order valence-electron chi connectivity index (χ1n) is 4.33. The molecule has 0 aromatic rings. The summed E-state index contributed by atoms with van der Waals surface area (Å²) < 4.78 is 4.48. The molecular formula is C8H13NO6. The van der Waals surface area contributed by atoms with Gasteiger partial charge in [0.1, 0.15) is 24.9 Å². The van der Waals surface area contributed by atoms with Gasteiger partial charge in [0.2, 0.25) is 5.54 Å². The highest BCUT2D eigenvalue weighted by Gasteiger charge is 2.54. The molecule has 0 radical (unpaired) electrons. The van der Waals surface area contributed by atoms with Crippen LogP contribution in [-0.2, 0) is 14.3 Å². The van der Waals surface area contributed by atoms with Crippen LogP contribution in [0.4, 0.5) is 0 Å². The lowest BCUT2D eigenvalue weighted by Crippen LogP contribution is -2.65. The second-order valence-electron chi connectivity index (χ2n) is 3.53. The van der Waals surface area contributed by atoms with Gasteiger partial charge < -0.3 is 25.8 Å². The second kappa shape index (κ2) is 3.86. The summed E-state index contributed by atoms with van der Waals surface area (Å²) >= 11 is 0. The van der Waals surface area contributed by atoms with Crippen LogP contribution in [0.5, 0.6) is 0 Å². The number of hydrogen-bond acceptors (Lipinski definition) is 7. The number of carbonyl (C=O) groups excluding carboxylic acids is 2. The zero-order valence-electron chi connectivity index (χ0n) is 8.08. The van der Waals surface area contributed by atoms with E-state index in [0.29, 0.717) is 0 Å². The number of nitrogens with two attached hydrogens (primary N) is 1. The van der Waals surface area contributed by atoms with Gasteiger partial charge in [-0.2, -0.15) is 0 Å². The van der Waals surface area contributed by atoms with Gasteiger partial charge in [-0.25, -0.2) is 4.79 Å². The summed E-state index contributed by atoms with van der Waals surface area (Å²) in [4.78, 5) is 22.5. The number of esters is 1. The van der Waals surface area contributed by atoms with Gasteiger partial charge in [0, 0.05) is 0 Å². The molecule has 7 heteroatoms. The van der Waals surface area contributed by atoms with Crippen molar-refractivity contribution >= 4 is 11.8 Å². The van der Waals surface area contributed by atoms with Crippen LogP contribution in [0.25, 0.3) is 0 Å². The molecule has 1 heterocycles. The molecule has 4 atom stereocenters. The molecule has 0 aromatic heterocycles. The van der Waals surface area contributed by atoms with Gasteiger partial charge >= 0.3 is 5.97 Å². The predicted molar refractivity (Wildman–Crippen MR) is 46.6 cm³/mol. The Hall–Kier alpha value is -1.02. The first-order chi connectivity index (χ1) is 6.81. The SMILES string of the molecule is CC(=O)[C@]1(N)C(=O)OC[C@@H](O)[C@@H](O)[C@@H]1O. The van der Waals surface area contributed by atoms with E-state index in [1.165, 1.54) is 0 Å². The van der Waals surface area contributed by atoms with Crippen LogP contribution in [0, 0.1) is 0 Å². The molecule has 0 unspecified atom stereocenters. The molecule has 1 saturated heterocycles. The molecule has 15 heavy (non-hydrogen) atoms. The van der Waals surface area contributed by atoms with Crippen molar-refractivity contribution in [3.8, 4) is 0 Å². The lowest BCUT2D eigenvalue weighted by Gasteiger charge is -2.29. The van der Waals surface area contributed by atoms with Crippen LogP contribution in [0.15, 0.2) is 0 Å². The summed E-state index contributed by atoms with van der Waals surface area (Å²) in [6.07, 6.45) is -5.06. The highest BCUT2D eigenvalue weighted by atomic mass is 16.6. The van der Waals surface area contributed by atoms with E-state index in [4.69, 9.17) is 5.73 Å². The van der Waals surface area contributed by atoms with E-state index in [-0.39, 0.29) is 0 Å². The van der Waals surface area contributed by atoms with Gasteiger partial charge in [0.15, 0.2) is 5.78 Å². The molecule has 0 amide bonds. The molecule has 5 N–H and O–H groups in total. The average Bonchev–Trinajstić information content (AvgIpc) is 2.26. The monoisotopic (exact) mass is 219 g/mol. The van der Waals surface area contributed by atoms with Gasteiger partial charge in [-0.05, 0) is 6.92 Å². The molecule has 0 aromatic carbocycles. The number of aliphatic hydroxyl groups is 3. The van der Waals surface area contributed by atoms with E-state index in [0.717, 1.165) is 6.92 Å². The van der Waals surface area contributed by atoms with Crippen molar-refractivity contribution in [2.24, 2.45) is 5.73 Å². The Labute approximate surface area is 85.4 Å². The standard InChI is InChI=1S/C8H13NO6/c1-3(10)8(9)6(13)5(12)4(11)2-15-7(8)14/h4-6,11-13H,2,9H2,1H3/t4-,5-,6+,8-/m1/s1. The lowest BCUT2D eigenvalue weighted by atomic mass is 9.85. The van der Waals surface area contributed by atoms with E-state index in [1.54, 1.807) is 0 Å². The van der Waals surface area contributed by atoms with Crippen molar-refractivity contribution in [1.82, 2.24) is 0 Å². The molecule has 1 rings (SSSR count). The average molecular weight is 219 g/mol. The van der Waals surface area contributed by atoms with Crippen molar-refractivity contribution in [1.29, 1.82) is 0 Å². The van der Waals surface area contributed by atoms with Crippen molar-refractivity contribution in [3.63, 3.8) is 0 Å². The molecule has 0 bridgehead atoms. The van der Waals surface area contributed by atoms with E-state index < -0.39 is 42.2 Å². The van der Waals surface area contributed by atoms with Crippen LogP contribution >= 0.6 is 0 Å². The Morgan fingerprint density at radius 1 is 1.53 bits per heavy atom. The van der Waals surface area contributed by atoms with Crippen LogP contribution in [0.2, 0.25) is 0 Å². The third kappa shape index (κ3) is 1.74. The fourth-order valence-corrected chi connectivity index (χ4v) is 1.33. The third-order valence-electron chi connectivity index (χ3n) is 2.49. The minimum absolute atomic E-state index is 0.511. The topological polar surface area (TPSA) is 130 Å². The molecule has 1 fully saturated rings. The van der Waals surface area contributed by atoms with Crippen molar-refractivity contribution in [3.05, 3.63) is 0 Å². The summed E-state index contributed by atoms with van der Waals surface area (Å²) in [6, 6.07) is 0. The van der Waals surface area contributed by atoms with Gasteiger partial charge in [0.25, 0.3) is 0 Å². The van der Waals surface area contributed by atoms with Gasteiger partial charge in [-0.3, -0.25) is 4.79 Å². The van der Waals surface area contributed by atoms with E-state index in [9.17, 15) is 24.9 Å². The van der Waals surface area contributed by atoms with Crippen molar-refractivity contribution in [2.45, 2.75) is 30.8 Å². The highest BCUT2D eigenvalue weighted by Crippen LogP contribution is 2.20. The maximum absolute atomic E-state index is 11.3. The van der Waals surface area contributed by atoms with Crippen LogP contribution in [-0.4, -0.2) is 57.5 Å². The summed E-state index contributed by atoms with van der Waals surface area (Å²) in [5.41, 5.74) is 3.07.